The lowest BCUT2D eigenvalue weighted by molar-refractivity contribution is 0.569. The highest BCUT2D eigenvalue weighted by Gasteiger charge is 2.31. The number of nitrogens with zero attached hydrogens (tertiary/aromatic N) is 1. The average molecular weight is 226 g/mol. The predicted molar refractivity (Wildman–Crippen MR) is 60.0 cm³/mol. The molecule has 2 rings (SSSR count). The Morgan fingerprint density at radius 1 is 1.20 bits per heavy atom. The first-order chi connectivity index (χ1) is 6.99. The van der Waals surface area contributed by atoms with Crippen LogP contribution < -0.4 is 4.72 Å². The molecule has 0 bridgehead atoms. The number of benzene rings is 1. The second-order valence-electron chi connectivity index (χ2n) is 3.81. The highest BCUT2D eigenvalue weighted by Crippen LogP contribution is 2.19. The van der Waals surface area contributed by atoms with Gasteiger partial charge in [0.2, 0.25) is 0 Å². The summed E-state index contributed by atoms with van der Waals surface area (Å²) in [5, 5.41) is 0. The Morgan fingerprint density at radius 3 is 2.40 bits per heavy atom. The van der Waals surface area contributed by atoms with E-state index in [2.05, 4.69) is 4.72 Å². The van der Waals surface area contributed by atoms with E-state index in [1.165, 1.54) is 4.31 Å². The highest BCUT2D eigenvalue weighted by molar-refractivity contribution is 7.90. The summed E-state index contributed by atoms with van der Waals surface area (Å²) in [6, 6.07) is 5.54. The average Bonchev–Trinajstić information content (AvgIpc) is 2.93. The van der Waals surface area contributed by atoms with Gasteiger partial charge in [0.25, 0.3) is 0 Å². The lowest BCUT2D eigenvalue weighted by atomic mass is 10.1. The van der Waals surface area contributed by atoms with Gasteiger partial charge in [0.15, 0.2) is 0 Å². The summed E-state index contributed by atoms with van der Waals surface area (Å²) >= 11 is 0. The normalized spacial score (nSPS) is 16.4. The van der Waals surface area contributed by atoms with Crippen molar-refractivity contribution in [2.24, 2.45) is 0 Å². The third kappa shape index (κ3) is 2.30. The SMILES string of the molecule is Cc1ccc(NS(=O)(=O)N2CC2)cc1C. The first-order valence-electron chi connectivity index (χ1n) is 4.84. The summed E-state index contributed by atoms with van der Waals surface area (Å²) in [4.78, 5) is 0. The molecule has 82 valence electrons. The standard InChI is InChI=1S/C10H14N2O2S/c1-8-3-4-10(7-9(8)2)11-15(13,14)12-5-6-12/h3-4,7,11H,5-6H2,1-2H3. The minimum Gasteiger partial charge on any atom is -0.271 e. The summed E-state index contributed by atoms with van der Waals surface area (Å²) in [5.74, 6) is 0. The molecule has 0 aliphatic carbocycles. The van der Waals surface area contributed by atoms with Crippen molar-refractivity contribution >= 4 is 15.9 Å². The summed E-state index contributed by atoms with van der Waals surface area (Å²) in [7, 11) is -3.29. The van der Waals surface area contributed by atoms with Gasteiger partial charge in [0, 0.05) is 13.1 Å². The number of aryl methyl sites for hydroxylation is 2. The fraction of sp³-hybridized carbons (Fsp3) is 0.400. The van der Waals surface area contributed by atoms with Crippen molar-refractivity contribution in [3.8, 4) is 0 Å². The molecule has 0 atom stereocenters. The lowest BCUT2D eigenvalue weighted by Crippen LogP contribution is -2.20. The van der Waals surface area contributed by atoms with Crippen molar-refractivity contribution in [1.29, 1.82) is 0 Å². The van der Waals surface area contributed by atoms with Gasteiger partial charge in [-0.2, -0.15) is 12.7 Å². The van der Waals surface area contributed by atoms with E-state index in [-0.39, 0.29) is 0 Å². The van der Waals surface area contributed by atoms with E-state index in [4.69, 9.17) is 0 Å². The Balaban J connectivity index is 2.21. The molecule has 0 aromatic heterocycles. The lowest BCUT2D eigenvalue weighted by Gasteiger charge is -2.09. The molecule has 1 aromatic carbocycles. The van der Waals surface area contributed by atoms with Gasteiger partial charge in [0.05, 0.1) is 5.69 Å². The van der Waals surface area contributed by atoms with Crippen LogP contribution >= 0.6 is 0 Å². The molecule has 0 saturated carbocycles. The van der Waals surface area contributed by atoms with Crippen molar-refractivity contribution in [3.63, 3.8) is 0 Å². The smallest absolute Gasteiger partial charge is 0.271 e. The molecule has 1 aromatic rings. The molecule has 1 N–H and O–H groups in total. The third-order valence-electron chi connectivity index (χ3n) is 2.50. The van der Waals surface area contributed by atoms with Crippen LogP contribution in [0, 0.1) is 13.8 Å². The maximum atomic E-state index is 11.6. The topological polar surface area (TPSA) is 49.2 Å². The van der Waals surface area contributed by atoms with Crippen molar-refractivity contribution in [2.75, 3.05) is 17.8 Å². The summed E-state index contributed by atoms with van der Waals surface area (Å²) in [5.41, 5.74) is 2.87. The molecule has 0 radical (unpaired) electrons. The second-order valence-corrected chi connectivity index (χ2v) is 5.48. The van der Waals surface area contributed by atoms with E-state index >= 15 is 0 Å². The quantitative estimate of drug-likeness (QED) is 0.789. The van der Waals surface area contributed by atoms with Crippen molar-refractivity contribution in [1.82, 2.24) is 4.31 Å². The van der Waals surface area contributed by atoms with Gasteiger partial charge in [-0.15, -0.1) is 0 Å². The number of rotatable bonds is 3. The van der Waals surface area contributed by atoms with E-state index < -0.39 is 10.2 Å². The molecule has 0 spiro atoms. The fourth-order valence-electron chi connectivity index (χ4n) is 1.30. The molecule has 1 fully saturated rings. The predicted octanol–water partition coefficient (Wildman–Crippen LogP) is 1.28. The van der Waals surface area contributed by atoms with E-state index in [1.807, 2.05) is 26.0 Å². The fourth-order valence-corrected chi connectivity index (χ4v) is 2.42. The molecule has 0 amide bonds. The maximum Gasteiger partial charge on any atom is 0.301 e. The molecule has 1 aliphatic heterocycles. The molecular formula is C10H14N2O2S. The van der Waals surface area contributed by atoms with Crippen molar-refractivity contribution in [3.05, 3.63) is 29.3 Å². The molecule has 1 saturated heterocycles. The van der Waals surface area contributed by atoms with Gasteiger partial charge in [-0.3, -0.25) is 4.72 Å². The van der Waals surface area contributed by atoms with Crippen LogP contribution in [0.25, 0.3) is 0 Å². The molecule has 1 aliphatic rings. The van der Waals surface area contributed by atoms with Crippen LogP contribution in [0.2, 0.25) is 0 Å². The van der Waals surface area contributed by atoms with Gasteiger partial charge in [-0.1, -0.05) is 6.07 Å². The highest BCUT2D eigenvalue weighted by atomic mass is 32.2. The molecule has 5 heteroatoms. The summed E-state index contributed by atoms with van der Waals surface area (Å²) < 4.78 is 27.1. The van der Waals surface area contributed by atoms with Crippen molar-refractivity contribution in [2.45, 2.75) is 13.8 Å². The summed E-state index contributed by atoms with van der Waals surface area (Å²) in [6.07, 6.45) is 0. The minimum atomic E-state index is -3.29. The van der Waals surface area contributed by atoms with Gasteiger partial charge in [0.1, 0.15) is 0 Å². The van der Waals surface area contributed by atoms with Crippen LogP contribution in [0.5, 0.6) is 0 Å². The Labute approximate surface area is 90.1 Å². The van der Waals surface area contributed by atoms with E-state index in [9.17, 15) is 8.42 Å². The monoisotopic (exact) mass is 226 g/mol. The molecule has 1 heterocycles. The van der Waals surface area contributed by atoms with Crippen LogP contribution in [0.1, 0.15) is 11.1 Å². The zero-order chi connectivity index (χ0) is 11.1. The first kappa shape index (κ1) is 10.4. The van der Waals surface area contributed by atoms with Crippen LogP contribution in [-0.2, 0) is 10.2 Å². The van der Waals surface area contributed by atoms with Crippen LogP contribution in [0.4, 0.5) is 5.69 Å². The number of nitrogens with one attached hydrogen (secondary N) is 1. The Bertz CT molecular complexity index is 478. The van der Waals surface area contributed by atoms with E-state index in [0.29, 0.717) is 18.8 Å². The maximum absolute atomic E-state index is 11.6. The van der Waals surface area contributed by atoms with Gasteiger partial charge in [-0.05, 0) is 37.1 Å². The molecule has 15 heavy (non-hydrogen) atoms. The van der Waals surface area contributed by atoms with Gasteiger partial charge >= 0.3 is 10.2 Å². The van der Waals surface area contributed by atoms with Crippen LogP contribution in [0.3, 0.4) is 0 Å². The van der Waals surface area contributed by atoms with Gasteiger partial charge < -0.3 is 0 Å². The largest absolute Gasteiger partial charge is 0.301 e. The van der Waals surface area contributed by atoms with Gasteiger partial charge in [-0.25, -0.2) is 0 Å². The Hall–Kier alpha value is -1.07. The molecule has 0 unspecified atom stereocenters. The first-order valence-corrected chi connectivity index (χ1v) is 6.28. The zero-order valence-corrected chi connectivity index (χ0v) is 9.63. The van der Waals surface area contributed by atoms with Crippen molar-refractivity contribution < 1.29 is 8.42 Å². The second kappa shape index (κ2) is 3.50. The minimum absolute atomic E-state index is 0.625. The third-order valence-corrected chi connectivity index (χ3v) is 4.04. The number of hydrogen-bond donors (Lipinski definition) is 1. The Kier molecular flexibility index (Phi) is 2.44. The van der Waals surface area contributed by atoms with Crippen LogP contribution in [-0.4, -0.2) is 25.8 Å². The zero-order valence-electron chi connectivity index (χ0n) is 8.82. The van der Waals surface area contributed by atoms with E-state index in [0.717, 1.165) is 11.1 Å². The number of anilines is 1. The van der Waals surface area contributed by atoms with E-state index in [1.54, 1.807) is 6.07 Å². The Morgan fingerprint density at radius 2 is 1.87 bits per heavy atom. The number of hydrogen-bond acceptors (Lipinski definition) is 2. The summed E-state index contributed by atoms with van der Waals surface area (Å²) in [6.45, 7) is 5.21. The molecule has 4 nitrogen and oxygen atoms in total. The molecular weight excluding hydrogens is 212 g/mol. The van der Waals surface area contributed by atoms with Crippen LogP contribution in [0.15, 0.2) is 18.2 Å².